The zero-order valence-electron chi connectivity index (χ0n) is 23.4. The zero-order valence-corrected chi connectivity index (χ0v) is 24.2. The first-order chi connectivity index (χ1) is 18.9. The van der Waals surface area contributed by atoms with E-state index >= 15 is 0 Å². The molecule has 1 atom stereocenters. The maximum atomic E-state index is 13.9. The van der Waals surface area contributed by atoms with Crippen molar-refractivity contribution in [3.63, 3.8) is 0 Å². The van der Waals surface area contributed by atoms with Crippen molar-refractivity contribution < 1.29 is 27.1 Å². The van der Waals surface area contributed by atoms with Gasteiger partial charge in [-0.25, -0.2) is 12.8 Å². The van der Waals surface area contributed by atoms with E-state index in [2.05, 4.69) is 5.32 Å². The molecule has 0 fully saturated rings. The van der Waals surface area contributed by atoms with Gasteiger partial charge in [0.15, 0.2) is 0 Å². The minimum atomic E-state index is -4.26. The van der Waals surface area contributed by atoms with E-state index in [1.165, 1.54) is 48.4 Å². The number of nitrogens with zero attached hydrogens (tertiary/aromatic N) is 2. The summed E-state index contributed by atoms with van der Waals surface area (Å²) in [6.45, 7) is 7.39. The van der Waals surface area contributed by atoms with E-state index in [9.17, 15) is 22.4 Å². The molecule has 0 spiro atoms. The summed E-state index contributed by atoms with van der Waals surface area (Å²) in [5, 5.41) is 2.85. The van der Waals surface area contributed by atoms with Gasteiger partial charge in [-0.05, 0) is 73.9 Å². The number of anilines is 1. The van der Waals surface area contributed by atoms with E-state index in [0.29, 0.717) is 12.3 Å². The minimum Gasteiger partial charge on any atom is -0.497 e. The fourth-order valence-corrected chi connectivity index (χ4v) is 5.47. The average molecular weight is 570 g/mol. The highest BCUT2D eigenvalue weighted by molar-refractivity contribution is 7.92. The smallest absolute Gasteiger partial charge is 0.264 e. The predicted octanol–water partition coefficient (Wildman–Crippen LogP) is 4.53. The molecule has 3 rings (SSSR count). The Balaban J connectivity index is 2.01. The summed E-state index contributed by atoms with van der Waals surface area (Å²) >= 11 is 0. The SMILES string of the molecule is COc1ccc(S(=O)(=O)N(CC(=O)N(Cc2cccc(C)c2)[C@@H](C)C(=O)NCC(C)C)c2ccc(F)cc2)cc1. The van der Waals surface area contributed by atoms with E-state index in [1.807, 2.05) is 45.0 Å². The molecule has 2 amide bonds. The van der Waals surface area contributed by atoms with Gasteiger partial charge in [0, 0.05) is 13.1 Å². The van der Waals surface area contributed by atoms with E-state index in [1.54, 1.807) is 6.92 Å². The van der Waals surface area contributed by atoms with Gasteiger partial charge in [0.25, 0.3) is 10.0 Å². The number of rotatable bonds is 12. The molecule has 1 N–H and O–H groups in total. The van der Waals surface area contributed by atoms with Gasteiger partial charge >= 0.3 is 0 Å². The Hall–Kier alpha value is -3.92. The Kier molecular flexibility index (Phi) is 10.3. The lowest BCUT2D eigenvalue weighted by Gasteiger charge is -2.32. The van der Waals surface area contributed by atoms with Gasteiger partial charge in [0.05, 0.1) is 17.7 Å². The van der Waals surface area contributed by atoms with Crippen LogP contribution in [0.25, 0.3) is 0 Å². The number of carbonyl (C=O) groups is 2. The second kappa shape index (κ2) is 13.4. The average Bonchev–Trinajstić information content (AvgIpc) is 2.93. The molecule has 8 nitrogen and oxygen atoms in total. The van der Waals surface area contributed by atoms with Crippen LogP contribution in [-0.4, -0.2) is 51.4 Å². The van der Waals surface area contributed by atoms with E-state index < -0.39 is 34.3 Å². The van der Waals surface area contributed by atoms with Crippen molar-refractivity contribution in [2.45, 2.75) is 45.2 Å². The summed E-state index contributed by atoms with van der Waals surface area (Å²) in [6.07, 6.45) is 0. The third kappa shape index (κ3) is 7.81. The van der Waals surface area contributed by atoms with Crippen molar-refractivity contribution in [3.05, 3.63) is 89.7 Å². The van der Waals surface area contributed by atoms with Crippen molar-refractivity contribution in [1.29, 1.82) is 0 Å². The minimum absolute atomic E-state index is 0.0709. The molecule has 0 saturated carbocycles. The number of methoxy groups -OCH3 is 1. The number of carbonyl (C=O) groups excluding carboxylic acids is 2. The first-order valence-electron chi connectivity index (χ1n) is 13.0. The summed E-state index contributed by atoms with van der Waals surface area (Å²) in [5.74, 6) is -0.806. The van der Waals surface area contributed by atoms with E-state index in [4.69, 9.17) is 4.74 Å². The number of ether oxygens (including phenoxy) is 1. The van der Waals surface area contributed by atoms with E-state index in [0.717, 1.165) is 27.6 Å². The summed E-state index contributed by atoms with van der Waals surface area (Å²) in [7, 11) is -2.79. The number of halogens is 1. The standard InChI is InChI=1S/C30H36FN3O5S/c1-21(2)18-32-30(36)23(4)33(19-24-8-6-7-22(3)17-24)29(35)20-34(26-11-9-25(31)10-12-26)40(37,38)28-15-13-27(39-5)14-16-28/h6-17,21,23H,18-20H2,1-5H3,(H,32,36)/t23-/m0/s1. The molecule has 0 aliphatic carbocycles. The summed E-state index contributed by atoms with van der Waals surface area (Å²) in [5.41, 5.74) is 1.89. The molecule has 40 heavy (non-hydrogen) atoms. The van der Waals surface area contributed by atoms with Crippen molar-refractivity contribution in [2.75, 3.05) is 24.5 Å². The number of hydrogen-bond acceptors (Lipinski definition) is 5. The molecule has 0 aliphatic rings. The second-order valence-corrected chi connectivity index (χ2v) is 11.9. The number of amides is 2. The third-order valence-corrected chi connectivity index (χ3v) is 8.12. The highest BCUT2D eigenvalue weighted by atomic mass is 32.2. The second-order valence-electron chi connectivity index (χ2n) is 9.99. The first kappa shape index (κ1) is 30.6. The zero-order chi connectivity index (χ0) is 29.4. The molecule has 3 aromatic rings. The Morgan fingerprint density at radius 3 is 2.20 bits per heavy atom. The monoisotopic (exact) mass is 569 g/mol. The molecule has 0 aromatic heterocycles. The van der Waals surface area contributed by atoms with Crippen LogP contribution in [0.4, 0.5) is 10.1 Å². The molecule has 0 aliphatic heterocycles. The van der Waals surface area contributed by atoms with Crippen LogP contribution in [-0.2, 0) is 26.2 Å². The Morgan fingerprint density at radius 2 is 1.62 bits per heavy atom. The number of hydrogen-bond donors (Lipinski definition) is 1. The highest BCUT2D eigenvalue weighted by Gasteiger charge is 2.32. The first-order valence-corrected chi connectivity index (χ1v) is 14.4. The molecule has 0 radical (unpaired) electrons. The number of nitrogens with one attached hydrogen (secondary N) is 1. The van der Waals surface area contributed by atoms with Crippen LogP contribution in [0, 0.1) is 18.7 Å². The lowest BCUT2D eigenvalue weighted by atomic mass is 10.1. The maximum Gasteiger partial charge on any atom is 0.264 e. The molecule has 0 saturated heterocycles. The van der Waals surface area contributed by atoms with Gasteiger partial charge in [0.2, 0.25) is 11.8 Å². The van der Waals surface area contributed by atoms with Crippen molar-refractivity contribution in [2.24, 2.45) is 5.92 Å². The van der Waals surface area contributed by atoms with Gasteiger partial charge in [-0.3, -0.25) is 13.9 Å². The summed E-state index contributed by atoms with van der Waals surface area (Å²) < 4.78 is 47.4. The van der Waals surface area contributed by atoms with Gasteiger partial charge in [-0.1, -0.05) is 43.7 Å². The lowest BCUT2D eigenvalue weighted by Crippen LogP contribution is -2.51. The topological polar surface area (TPSA) is 96.0 Å². The number of benzene rings is 3. The van der Waals surface area contributed by atoms with Crippen LogP contribution < -0.4 is 14.4 Å². The molecule has 0 unspecified atom stereocenters. The summed E-state index contributed by atoms with van der Waals surface area (Å²) in [6, 6.07) is 17.3. The molecule has 3 aromatic carbocycles. The Labute approximate surface area is 235 Å². The fraction of sp³-hybridized carbons (Fsp3) is 0.333. The van der Waals surface area contributed by atoms with Crippen LogP contribution in [0.2, 0.25) is 0 Å². The van der Waals surface area contributed by atoms with Gasteiger partial charge in [0.1, 0.15) is 24.2 Å². The van der Waals surface area contributed by atoms with Crippen molar-refractivity contribution in [3.8, 4) is 5.75 Å². The summed E-state index contributed by atoms with van der Waals surface area (Å²) in [4.78, 5) is 28.2. The van der Waals surface area contributed by atoms with E-state index in [-0.39, 0.29) is 29.0 Å². The predicted molar refractivity (Wildman–Crippen MR) is 153 cm³/mol. The highest BCUT2D eigenvalue weighted by Crippen LogP contribution is 2.26. The molecular formula is C30H36FN3O5S. The van der Waals surface area contributed by atoms with Gasteiger partial charge in [-0.2, -0.15) is 0 Å². The number of aryl methyl sites for hydroxylation is 1. The molecular weight excluding hydrogens is 533 g/mol. The van der Waals surface area contributed by atoms with Crippen LogP contribution in [0.3, 0.4) is 0 Å². The van der Waals surface area contributed by atoms with Crippen molar-refractivity contribution >= 4 is 27.5 Å². The fourth-order valence-electron chi connectivity index (χ4n) is 4.05. The van der Waals surface area contributed by atoms with Crippen LogP contribution in [0.1, 0.15) is 31.9 Å². The third-order valence-electron chi connectivity index (χ3n) is 6.33. The maximum absolute atomic E-state index is 13.9. The molecule has 214 valence electrons. The Morgan fingerprint density at radius 1 is 0.975 bits per heavy atom. The van der Waals surface area contributed by atoms with Crippen LogP contribution in [0.15, 0.2) is 77.7 Å². The van der Waals surface area contributed by atoms with Crippen LogP contribution in [0.5, 0.6) is 5.75 Å². The molecule has 10 heteroatoms. The molecule has 0 bridgehead atoms. The molecule has 0 heterocycles. The van der Waals surface area contributed by atoms with Gasteiger partial charge in [-0.15, -0.1) is 0 Å². The van der Waals surface area contributed by atoms with Crippen LogP contribution >= 0.6 is 0 Å². The largest absolute Gasteiger partial charge is 0.497 e. The van der Waals surface area contributed by atoms with Gasteiger partial charge < -0.3 is 15.0 Å². The number of sulfonamides is 1. The normalized spacial score (nSPS) is 12.1. The van der Waals surface area contributed by atoms with Crippen molar-refractivity contribution in [1.82, 2.24) is 10.2 Å². The quantitative estimate of drug-likeness (QED) is 0.346. The Bertz CT molecular complexity index is 1410. The lowest BCUT2D eigenvalue weighted by molar-refractivity contribution is -0.139.